The van der Waals surface area contributed by atoms with Gasteiger partial charge in [0.25, 0.3) is 5.69 Å². The summed E-state index contributed by atoms with van der Waals surface area (Å²) in [6.45, 7) is 0. The monoisotopic (exact) mass is 350 g/mol. The average Bonchev–Trinajstić information content (AvgIpc) is 2.70. The first-order chi connectivity index (χ1) is 7.66. The van der Waals surface area contributed by atoms with E-state index in [4.69, 9.17) is 0 Å². The molecule has 2 rings (SSSR count). The van der Waals surface area contributed by atoms with Crippen molar-refractivity contribution in [2.75, 3.05) is 16.8 Å². The molecule has 1 atom stereocenters. The molecule has 1 aromatic rings. The van der Waals surface area contributed by atoms with Gasteiger partial charge in [-0.2, -0.15) is 11.8 Å². The second-order valence-corrected chi connectivity index (χ2v) is 5.94. The maximum absolute atomic E-state index is 10.7. The van der Waals surface area contributed by atoms with Gasteiger partial charge >= 0.3 is 0 Å². The van der Waals surface area contributed by atoms with Crippen LogP contribution in [0.1, 0.15) is 6.42 Å². The van der Waals surface area contributed by atoms with Gasteiger partial charge < -0.3 is 5.32 Å². The molecule has 0 radical (unpaired) electrons. The molecule has 1 unspecified atom stereocenters. The van der Waals surface area contributed by atoms with Crippen LogP contribution in [0.2, 0.25) is 0 Å². The van der Waals surface area contributed by atoms with Crippen LogP contribution >= 0.6 is 34.4 Å². The topological polar surface area (TPSA) is 55.2 Å². The Labute approximate surface area is 111 Å². The third-order valence-corrected chi connectivity index (χ3v) is 4.47. The first-order valence-corrected chi connectivity index (χ1v) is 7.18. The summed E-state index contributed by atoms with van der Waals surface area (Å²) in [5, 5.41) is 14.1. The Morgan fingerprint density at radius 2 is 2.38 bits per heavy atom. The maximum atomic E-state index is 10.7. The summed E-state index contributed by atoms with van der Waals surface area (Å²) in [5.41, 5.74) is 1.15. The fourth-order valence-corrected chi connectivity index (χ4v) is 3.49. The summed E-state index contributed by atoms with van der Waals surface area (Å²) < 4.78 is 0.679. The standard InChI is InChI=1S/C10H11IN2O2S/c11-9-5-7(1-2-10(9)13(14)15)12-8-3-4-16-6-8/h1-2,5,8,12H,3-4,6H2. The number of halogens is 1. The predicted molar refractivity (Wildman–Crippen MR) is 75.2 cm³/mol. The van der Waals surface area contributed by atoms with Crippen LogP contribution in [0.4, 0.5) is 11.4 Å². The highest BCUT2D eigenvalue weighted by atomic mass is 127. The van der Waals surface area contributed by atoms with Gasteiger partial charge in [0.05, 0.1) is 8.49 Å². The molecule has 1 aliphatic heterocycles. The molecule has 0 amide bonds. The van der Waals surface area contributed by atoms with Gasteiger partial charge in [-0.15, -0.1) is 0 Å². The van der Waals surface area contributed by atoms with E-state index in [0.29, 0.717) is 9.61 Å². The molecule has 1 aliphatic rings. The molecule has 6 heteroatoms. The Bertz CT molecular complexity index is 408. The summed E-state index contributed by atoms with van der Waals surface area (Å²) >= 11 is 3.94. The SMILES string of the molecule is O=[N+]([O-])c1ccc(NC2CCSC2)cc1I. The number of nitro groups is 1. The van der Waals surface area contributed by atoms with Crippen molar-refractivity contribution in [3.05, 3.63) is 31.9 Å². The van der Waals surface area contributed by atoms with Gasteiger partial charge in [-0.05, 0) is 46.9 Å². The second kappa shape index (κ2) is 5.22. The van der Waals surface area contributed by atoms with Crippen molar-refractivity contribution in [2.24, 2.45) is 0 Å². The van der Waals surface area contributed by atoms with E-state index in [1.54, 1.807) is 12.1 Å². The first kappa shape index (κ1) is 12.0. The number of thioether (sulfide) groups is 1. The molecule has 0 saturated carbocycles. The molecule has 86 valence electrons. The molecule has 16 heavy (non-hydrogen) atoms. The van der Waals surface area contributed by atoms with Crippen LogP contribution in [-0.2, 0) is 0 Å². The number of anilines is 1. The van der Waals surface area contributed by atoms with Crippen LogP contribution in [0.15, 0.2) is 18.2 Å². The minimum absolute atomic E-state index is 0.173. The number of rotatable bonds is 3. The number of hydrogen-bond donors (Lipinski definition) is 1. The largest absolute Gasteiger partial charge is 0.381 e. The van der Waals surface area contributed by atoms with Gasteiger partial charge in [0, 0.05) is 23.5 Å². The molecular weight excluding hydrogens is 339 g/mol. The number of nitro benzene ring substituents is 1. The van der Waals surface area contributed by atoms with E-state index in [9.17, 15) is 10.1 Å². The normalized spacial score (nSPS) is 19.7. The molecule has 1 aromatic carbocycles. The number of nitrogens with zero attached hydrogens (tertiary/aromatic N) is 1. The van der Waals surface area contributed by atoms with Crippen LogP contribution in [0, 0.1) is 13.7 Å². The van der Waals surface area contributed by atoms with E-state index in [-0.39, 0.29) is 10.6 Å². The number of benzene rings is 1. The van der Waals surface area contributed by atoms with Crippen molar-refractivity contribution >= 4 is 45.7 Å². The van der Waals surface area contributed by atoms with Crippen molar-refractivity contribution in [3.8, 4) is 0 Å². The minimum atomic E-state index is -0.350. The zero-order valence-electron chi connectivity index (χ0n) is 8.48. The Morgan fingerprint density at radius 3 is 2.94 bits per heavy atom. The lowest BCUT2D eigenvalue weighted by atomic mass is 10.2. The zero-order valence-corrected chi connectivity index (χ0v) is 11.5. The van der Waals surface area contributed by atoms with Gasteiger partial charge in [0.1, 0.15) is 0 Å². The second-order valence-electron chi connectivity index (χ2n) is 3.63. The van der Waals surface area contributed by atoms with Crippen LogP contribution in [0.3, 0.4) is 0 Å². The minimum Gasteiger partial charge on any atom is -0.381 e. The molecule has 4 nitrogen and oxygen atoms in total. The first-order valence-electron chi connectivity index (χ1n) is 4.95. The maximum Gasteiger partial charge on any atom is 0.282 e. The predicted octanol–water partition coefficient (Wildman–Crippen LogP) is 3.12. The van der Waals surface area contributed by atoms with E-state index < -0.39 is 0 Å². The lowest BCUT2D eigenvalue weighted by Crippen LogP contribution is -2.18. The van der Waals surface area contributed by atoms with Crippen molar-refractivity contribution in [1.82, 2.24) is 0 Å². The van der Waals surface area contributed by atoms with E-state index >= 15 is 0 Å². The van der Waals surface area contributed by atoms with Crippen LogP contribution in [0.5, 0.6) is 0 Å². The molecule has 1 fully saturated rings. The summed E-state index contributed by atoms with van der Waals surface area (Å²) in [6.07, 6.45) is 1.16. The summed E-state index contributed by atoms with van der Waals surface area (Å²) in [7, 11) is 0. The highest BCUT2D eigenvalue weighted by molar-refractivity contribution is 14.1. The quantitative estimate of drug-likeness (QED) is 0.517. The Balaban J connectivity index is 2.11. The fraction of sp³-hybridized carbons (Fsp3) is 0.400. The number of nitrogens with one attached hydrogen (secondary N) is 1. The molecule has 0 spiro atoms. The van der Waals surface area contributed by atoms with Crippen LogP contribution in [0.25, 0.3) is 0 Å². The molecule has 1 N–H and O–H groups in total. The van der Waals surface area contributed by atoms with Crippen molar-refractivity contribution < 1.29 is 4.92 Å². The molecule has 1 heterocycles. The molecule has 0 aliphatic carbocycles. The third kappa shape index (κ3) is 2.79. The number of hydrogen-bond acceptors (Lipinski definition) is 4. The van der Waals surface area contributed by atoms with Crippen LogP contribution in [-0.4, -0.2) is 22.5 Å². The van der Waals surface area contributed by atoms with E-state index in [0.717, 1.165) is 17.9 Å². The molecule has 0 bridgehead atoms. The fourth-order valence-electron chi connectivity index (χ4n) is 1.63. The van der Waals surface area contributed by atoms with E-state index in [1.165, 1.54) is 5.75 Å². The van der Waals surface area contributed by atoms with Crippen molar-refractivity contribution in [2.45, 2.75) is 12.5 Å². The zero-order chi connectivity index (χ0) is 11.5. The van der Waals surface area contributed by atoms with E-state index in [1.807, 2.05) is 40.4 Å². The smallest absolute Gasteiger partial charge is 0.282 e. The molecule has 0 aromatic heterocycles. The summed E-state index contributed by atoms with van der Waals surface area (Å²) in [6, 6.07) is 5.68. The Morgan fingerprint density at radius 1 is 1.56 bits per heavy atom. The Hall–Kier alpha value is -0.500. The third-order valence-electron chi connectivity index (χ3n) is 2.44. The van der Waals surface area contributed by atoms with Crippen molar-refractivity contribution in [1.29, 1.82) is 0 Å². The van der Waals surface area contributed by atoms with Gasteiger partial charge in [-0.3, -0.25) is 10.1 Å². The molecule has 1 saturated heterocycles. The lowest BCUT2D eigenvalue weighted by Gasteiger charge is -2.12. The lowest BCUT2D eigenvalue weighted by molar-refractivity contribution is -0.385. The Kier molecular flexibility index (Phi) is 3.91. The van der Waals surface area contributed by atoms with E-state index in [2.05, 4.69) is 5.32 Å². The van der Waals surface area contributed by atoms with Gasteiger partial charge in [0.15, 0.2) is 0 Å². The highest BCUT2D eigenvalue weighted by Crippen LogP contribution is 2.26. The summed E-state index contributed by atoms with van der Waals surface area (Å²) in [5.74, 6) is 2.31. The van der Waals surface area contributed by atoms with Crippen molar-refractivity contribution in [3.63, 3.8) is 0 Å². The van der Waals surface area contributed by atoms with Gasteiger partial charge in [-0.1, -0.05) is 0 Å². The van der Waals surface area contributed by atoms with Gasteiger partial charge in [0.2, 0.25) is 0 Å². The van der Waals surface area contributed by atoms with Crippen LogP contribution < -0.4 is 5.32 Å². The average molecular weight is 350 g/mol. The van der Waals surface area contributed by atoms with Gasteiger partial charge in [-0.25, -0.2) is 0 Å². The molecular formula is C10H11IN2O2S. The summed E-state index contributed by atoms with van der Waals surface area (Å²) in [4.78, 5) is 10.3. The highest BCUT2D eigenvalue weighted by Gasteiger charge is 2.16.